The highest BCUT2D eigenvalue weighted by molar-refractivity contribution is 7.90. The zero-order chi connectivity index (χ0) is 28.4. The van der Waals surface area contributed by atoms with Gasteiger partial charge in [0, 0.05) is 23.9 Å². The topological polar surface area (TPSA) is 111 Å². The van der Waals surface area contributed by atoms with Gasteiger partial charge in [-0.2, -0.15) is 0 Å². The molecule has 4 rings (SSSR count). The molecular formula is C28H33FN4O5S. The van der Waals surface area contributed by atoms with Gasteiger partial charge in [-0.3, -0.25) is 5.32 Å². The number of halogens is 1. The van der Waals surface area contributed by atoms with Crippen molar-refractivity contribution in [2.75, 3.05) is 30.0 Å². The van der Waals surface area contributed by atoms with Crippen LogP contribution < -0.4 is 10.2 Å². The number of rotatable bonds is 6. The van der Waals surface area contributed by atoms with Crippen molar-refractivity contribution in [3.8, 4) is 11.4 Å². The largest absolute Gasteiger partial charge is 0.444 e. The van der Waals surface area contributed by atoms with Crippen LogP contribution in [0, 0.1) is 12.7 Å². The van der Waals surface area contributed by atoms with E-state index in [1.807, 2.05) is 6.92 Å². The molecule has 0 saturated carbocycles. The van der Waals surface area contributed by atoms with Gasteiger partial charge in [-0.05, 0) is 82.6 Å². The number of carbonyl (C=O) groups is 1. The number of hydrogen-bond acceptors (Lipinski definition) is 8. The van der Waals surface area contributed by atoms with Crippen LogP contribution in [0.3, 0.4) is 0 Å². The predicted molar refractivity (Wildman–Crippen MR) is 147 cm³/mol. The monoisotopic (exact) mass is 556 g/mol. The summed E-state index contributed by atoms with van der Waals surface area (Å²) >= 11 is 0. The van der Waals surface area contributed by atoms with E-state index >= 15 is 0 Å². The molecule has 39 heavy (non-hydrogen) atoms. The molecule has 208 valence electrons. The number of nitrogens with one attached hydrogen (secondary N) is 1. The van der Waals surface area contributed by atoms with Gasteiger partial charge in [0.25, 0.3) is 0 Å². The molecule has 3 aromatic rings. The molecule has 11 heteroatoms. The number of aromatic nitrogens is 2. The van der Waals surface area contributed by atoms with Crippen LogP contribution in [0.15, 0.2) is 53.4 Å². The minimum Gasteiger partial charge on any atom is -0.444 e. The lowest BCUT2D eigenvalue weighted by Crippen LogP contribution is -2.44. The molecule has 9 nitrogen and oxygen atoms in total. The summed E-state index contributed by atoms with van der Waals surface area (Å²) < 4.78 is 51.1. The number of benzene rings is 2. The van der Waals surface area contributed by atoms with Gasteiger partial charge in [0.15, 0.2) is 15.7 Å². The van der Waals surface area contributed by atoms with E-state index in [1.165, 1.54) is 12.1 Å². The Labute approximate surface area is 228 Å². The van der Waals surface area contributed by atoms with Gasteiger partial charge in [0.05, 0.1) is 35.6 Å². The fourth-order valence-corrected chi connectivity index (χ4v) is 5.78. The van der Waals surface area contributed by atoms with Gasteiger partial charge in [-0.15, -0.1) is 0 Å². The van der Waals surface area contributed by atoms with Crippen molar-refractivity contribution < 1.29 is 27.1 Å². The Morgan fingerprint density at radius 3 is 2.51 bits per heavy atom. The third kappa shape index (κ3) is 7.30. The summed E-state index contributed by atoms with van der Waals surface area (Å²) in [4.78, 5) is 23.6. The van der Waals surface area contributed by atoms with Crippen molar-refractivity contribution in [1.29, 1.82) is 0 Å². The van der Waals surface area contributed by atoms with Crippen molar-refractivity contribution in [2.45, 2.75) is 56.9 Å². The molecule has 1 amide bonds. The highest BCUT2D eigenvalue weighted by atomic mass is 32.2. The Morgan fingerprint density at radius 1 is 1.15 bits per heavy atom. The lowest BCUT2D eigenvalue weighted by molar-refractivity contribution is 0.0636. The Kier molecular flexibility index (Phi) is 8.22. The SMILES string of the molecule is Cc1cc(F)ccc1S(=O)(=O)Cc1cc(N2CCOC[C@@H]2C)nc(-c2ccc(NC(=O)OC(C)(C)C)cc2)n1. The first-order valence-corrected chi connectivity index (χ1v) is 14.3. The highest BCUT2D eigenvalue weighted by Gasteiger charge is 2.25. The van der Waals surface area contributed by atoms with Crippen molar-refractivity contribution in [2.24, 2.45) is 0 Å². The lowest BCUT2D eigenvalue weighted by Gasteiger charge is -2.34. The van der Waals surface area contributed by atoms with E-state index in [0.717, 1.165) is 6.07 Å². The molecule has 2 aromatic carbocycles. The van der Waals surface area contributed by atoms with Gasteiger partial charge in [0.2, 0.25) is 0 Å². The second-order valence-electron chi connectivity index (χ2n) is 10.5. The second kappa shape index (κ2) is 11.3. The standard InChI is InChI=1S/C28H33FN4O5S/c1-18-14-21(29)8-11-24(18)39(35,36)17-23-15-25(33-12-13-37-16-19(33)2)32-26(30-23)20-6-9-22(10-7-20)31-27(34)38-28(3,4)5/h6-11,14-15,19H,12-13,16-17H2,1-5H3,(H,31,34)/t19-/m0/s1. The molecule has 1 aliphatic heterocycles. The number of anilines is 2. The molecular weight excluding hydrogens is 523 g/mol. The van der Waals surface area contributed by atoms with Crippen LogP contribution in [-0.4, -0.2) is 55.9 Å². The van der Waals surface area contributed by atoms with Crippen molar-refractivity contribution in [3.05, 3.63) is 65.6 Å². The quantitative estimate of drug-likeness (QED) is 0.416. The van der Waals surface area contributed by atoms with Crippen molar-refractivity contribution in [1.82, 2.24) is 9.97 Å². The fraction of sp³-hybridized carbons (Fsp3) is 0.393. The van der Waals surface area contributed by atoms with Gasteiger partial charge in [-0.25, -0.2) is 27.6 Å². The molecule has 1 aromatic heterocycles. The van der Waals surface area contributed by atoms with E-state index in [-0.39, 0.29) is 16.7 Å². The number of morpholine rings is 1. The van der Waals surface area contributed by atoms with E-state index in [1.54, 1.807) is 58.0 Å². The molecule has 1 saturated heterocycles. The maximum atomic E-state index is 13.6. The smallest absolute Gasteiger partial charge is 0.412 e. The normalized spacial score (nSPS) is 16.2. The minimum absolute atomic E-state index is 0.0331. The molecule has 1 fully saturated rings. The average molecular weight is 557 g/mol. The molecule has 2 heterocycles. The molecule has 0 radical (unpaired) electrons. The third-order valence-electron chi connectivity index (χ3n) is 6.03. The van der Waals surface area contributed by atoms with Crippen LogP contribution in [0.1, 0.15) is 39.0 Å². The summed E-state index contributed by atoms with van der Waals surface area (Å²) in [6, 6.07) is 12.2. The molecule has 0 spiro atoms. The maximum absolute atomic E-state index is 13.6. The molecule has 1 atom stereocenters. The summed E-state index contributed by atoms with van der Waals surface area (Å²) in [5, 5.41) is 2.69. The van der Waals surface area contributed by atoms with E-state index in [0.29, 0.717) is 53.9 Å². The maximum Gasteiger partial charge on any atom is 0.412 e. The number of ether oxygens (including phenoxy) is 2. The Morgan fingerprint density at radius 2 is 1.87 bits per heavy atom. The van der Waals surface area contributed by atoms with E-state index in [2.05, 4.69) is 15.2 Å². The van der Waals surface area contributed by atoms with Crippen LogP contribution in [0.4, 0.5) is 20.7 Å². The van der Waals surface area contributed by atoms with E-state index < -0.39 is 27.3 Å². The molecule has 0 unspecified atom stereocenters. The summed E-state index contributed by atoms with van der Waals surface area (Å²) in [5.41, 5.74) is 1.19. The highest BCUT2D eigenvalue weighted by Crippen LogP contribution is 2.27. The van der Waals surface area contributed by atoms with Gasteiger partial charge in [0.1, 0.15) is 17.2 Å². The summed E-state index contributed by atoms with van der Waals surface area (Å²) in [5.74, 6) is 0.0618. The van der Waals surface area contributed by atoms with Crippen LogP contribution in [-0.2, 0) is 25.1 Å². The van der Waals surface area contributed by atoms with Crippen LogP contribution in [0.25, 0.3) is 11.4 Å². The average Bonchev–Trinajstić information content (AvgIpc) is 2.83. The zero-order valence-corrected chi connectivity index (χ0v) is 23.5. The van der Waals surface area contributed by atoms with Crippen LogP contribution >= 0.6 is 0 Å². The first kappa shape index (κ1) is 28.4. The summed E-state index contributed by atoms with van der Waals surface area (Å²) in [7, 11) is -3.82. The van der Waals surface area contributed by atoms with Crippen molar-refractivity contribution in [3.63, 3.8) is 0 Å². The number of carbonyl (C=O) groups excluding carboxylic acids is 1. The number of amides is 1. The zero-order valence-electron chi connectivity index (χ0n) is 22.7. The minimum atomic E-state index is -3.82. The molecule has 0 aliphatic carbocycles. The fourth-order valence-electron chi connectivity index (χ4n) is 4.26. The number of sulfone groups is 1. The van der Waals surface area contributed by atoms with Gasteiger partial charge in [-0.1, -0.05) is 0 Å². The first-order valence-electron chi connectivity index (χ1n) is 12.6. The van der Waals surface area contributed by atoms with Gasteiger partial charge >= 0.3 is 6.09 Å². The number of hydrogen-bond donors (Lipinski definition) is 1. The third-order valence-corrected chi connectivity index (χ3v) is 7.83. The molecule has 1 N–H and O–H groups in total. The molecule has 1 aliphatic rings. The second-order valence-corrected chi connectivity index (χ2v) is 12.5. The van der Waals surface area contributed by atoms with E-state index in [4.69, 9.17) is 14.5 Å². The Bertz CT molecular complexity index is 1460. The Hall–Kier alpha value is -3.57. The summed E-state index contributed by atoms with van der Waals surface area (Å²) in [6.07, 6.45) is -0.571. The Balaban J connectivity index is 1.67. The van der Waals surface area contributed by atoms with E-state index in [9.17, 15) is 17.6 Å². The van der Waals surface area contributed by atoms with Crippen LogP contribution in [0.2, 0.25) is 0 Å². The number of aryl methyl sites for hydroxylation is 1. The van der Waals surface area contributed by atoms with Crippen LogP contribution in [0.5, 0.6) is 0 Å². The predicted octanol–water partition coefficient (Wildman–Crippen LogP) is 5.14. The van der Waals surface area contributed by atoms with Crippen molar-refractivity contribution >= 4 is 27.4 Å². The summed E-state index contributed by atoms with van der Waals surface area (Å²) in [6.45, 7) is 10.6. The van der Waals surface area contributed by atoms with Gasteiger partial charge < -0.3 is 14.4 Å². The molecule has 0 bridgehead atoms. The number of nitrogens with zero attached hydrogens (tertiary/aromatic N) is 3. The lowest BCUT2D eigenvalue weighted by atomic mass is 10.2. The first-order chi connectivity index (χ1) is 18.3.